The fraction of sp³-hybridized carbons (Fsp3) is 0.500. The smallest absolute Gasteiger partial charge is 0.281 e. The molecule has 0 aliphatic rings. The van der Waals surface area contributed by atoms with E-state index in [4.69, 9.17) is 0 Å². The van der Waals surface area contributed by atoms with Crippen LogP contribution in [-0.4, -0.2) is 6.04 Å². The van der Waals surface area contributed by atoms with Gasteiger partial charge in [-0.1, -0.05) is 26.0 Å². The highest BCUT2D eigenvalue weighted by molar-refractivity contribution is 5.46. The first-order chi connectivity index (χ1) is 7.32. The van der Waals surface area contributed by atoms with Crippen molar-refractivity contribution in [1.29, 1.82) is 0 Å². The molecule has 1 rings (SSSR count). The zero-order chi connectivity index (χ0) is 12.3. The second-order valence-corrected chi connectivity index (χ2v) is 4.13. The molecule has 0 saturated heterocycles. The van der Waals surface area contributed by atoms with Crippen molar-refractivity contribution in [3.05, 3.63) is 29.8 Å². The molecule has 1 aromatic carbocycles. The lowest BCUT2D eigenvalue weighted by atomic mass is 10.0. The van der Waals surface area contributed by atoms with Gasteiger partial charge in [0.05, 0.1) is 17.3 Å². The van der Waals surface area contributed by atoms with E-state index in [9.17, 15) is 13.2 Å². The fourth-order valence-electron chi connectivity index (χ4n) is 1.19. The van der Waals surface area contributed by atoms with Crippen LogP contribution in [0.2, 0.25) is 0 Å². The van der Waals surface area contributed by atoms with E-state index in [1.54, 1.807) is 6.07 Å². The first-order valence-electron chi connectivity index (χ1n) is 5.19. The minimum atomic E-state index is -4.34. The molecule has 0 fully saturated rings. The number of hydrogen-bond donors (Lipinski definition) is 0. The molecule has 1 atom stereocenters. The lowest BCUT2D eigenvalue weighted by Gasteiger charge is -2.19. The van der Waals surface area contributed by atoms with Crippen LogP contribution in [0, 0.1) is 5.92 Å². The molecular weight excluding hydrogens is 215 g/mol. The van der Waals surface area contributed by atoms with Gasteiger partial charge < -0.3 is 0 Å². The van der Waals surface area contributed by atoms with E-state index in [2.05, 4.69) is 5.32 Å². The molecule has 1 unspecified atom stereocenters. The number of halogens is 3. The zero-order valence-electron chi connectivity index (χ0n) is 9.55. The molecule has 0 bridgehead atoms. The number of hydrogen-bond acceptors (Lipinski definition) is 0. The van der Waals surface area contributed by atoms with Crippen LogP contribution in [0.3, 0.4) is 0 Å². The lowest BCUT2D eigenvalue weighted by Crippen LogP contribution is -2.22. The van der Waals surface area contributed by atoms with Gasteiger partial charge in [-0.15, -0.1) is 0 Å². The van der Waals surface area contributed by atoms with E-state index in [-0.39, 0.29) is 17.6 Å². The van der Waals surface area contributed by atoms with Gasteiger partial charge in [-0.05, 0) is 25.0 Å². The number of alkyl halides is 3. The van der Waals surface area contributed by atoms with Crippen molar-refractivity contribution in [1.82, 2.24) is 5.32 Å². The van der Waals surface area contributed by atoms with Crippen molar-refractivity contribution in [2.45, 2.75) is 33.0 Å². The molecule has 89 valence electrons. The molecule has 0 N–H and O–H groups in total. The maximum Gasteiger partial charge on any atom is 0.418 e. The summed E-state index contributed by atoms with van der Waals surface area (Å²) in [5, 5.41) is 4.10. The molecule has 4 heteroatoms. The summed E-state index contributed by atoms with van der Waals surface area (Å²) in [7, 11) is 0. The summed E-state index contributed by atoms with van der Waals surface area (Å²) >= 11 is 0. The summed E-state index contributed by atoms with van der Waals surface area (Å²) in [6.07, 6.45) is -4.34. The molecular formula is C12H15F3N. The summed E-state index contributed by atoms with van der Waals surface area (Å²) in [4.78, 5) is 0. The second kappa shape index (κ2) is 4.76. The molecule has 1 radical (unpaired) electrons. The molecule has 0 saturated carbocycles. The first kappa shape index (κ1) is 12.9. The zero-order valence-corrected chi connectivity index (χ0v) is 9.55. The predicted octanol–water partition coefficient (Wildman–Crippen LogP) is 3.99. The summed E-state index contributed by atoms with van der Waals surface area (Å²) in [5.74, 6) is 0.223. The van der Waals surface area contributed by atoms with Gasteiger partial charge in [0.1, 0.15) is 0 Å². The van der Waals surface area contributed by atoms with Crippen LogP contribution in [0.25, 0.3) is 0 Å². The maximum atomic E-state index is 12.6. The maximum absolute atomic E-state index is 12.6. The quantitative estimate of drug-likeness (QED) is 0.745. The Bertz CT molecular complexity index is 344. The van der Waals surface area contributed by atoms with Crippen molar-refractivity contribution < 1.29 is 13.2 Å². The fourth-order valence-corrected chi connectivity index (χ4v) is 1.19. The molecule has 0 amide bonds. The number of rotatable bonds is 3. The highest BCUT2D eigenvalue weighted by Crippen LogP contribution is 2.35. The highest BCUT2D eigenvalue weighted by atomic mass is 19.4. The molecule has 0 aliphatic carbocycles. The van der Waals surface area contributed by atoms with Gasteiger partial charge in [0, 0.05) is 0 Å². The Labute approximate surface area is 93.7 Å². The standard InChI is InChI=1S/C12H15F3N/c1-8(2)9(3)16-11-7-5-4-6-10(11)12(13,14)15/h4-9H,1-3H3. The molecule has 1 aromatic rings. The van der Waals surface area contributed by atoms with Gasteiger partial charge in [0.25, 0.3) is 0 Å². The molecule has 0 aromatic heterocycles. The molecule has 1 nitrogen and oxygen atoms in total. The summed E-state index contributed by atoms with van der Waals surface area (Å²) in [6, 6.07) is 5.29. The van der Waals surface area contributed by atoms with Crippen molar-refractivity contribution >= 4 is 5.69 Å². The number of benzene rings is 1. The van der Waals surface area contributed by atoms with Crippen molar-refractivity contribution in [3.63, 3.8) is 0 Å². The third-order valence-corrected chi connectivity index (χ3v) is 2.52. The normalized spacial score (nSPS) is 13.9. The Morgan fingerprint density at radius 3 is 2.12 bits per heavy atom. The average molecular weight is 230 g/mol. The van der Waals surface area contributed by atoms with E-state index >= 15 is 0 Å². The van der Waals surface area contributed by atoms with Crippen LogP contribution in [-0.2, 0) is 6.18 Å². The highest BCUT2D eigenvalue weighted by Gasteiger charge is 2.33. The van der Waals surface area contributed by atoms with E-state index in [0.29, 0.717) is 0 Å². The number of para-hydroxylation sites is 1. The Kier molecular flexibility index (Phi) is 3.83. The summed E-state index contributed by atoms with van der Waals surface area (Å²) < 4.78 is 37.9. The monoisotopic (exact) mass is 230 g/mol. The summed E-state index contributed by atoms with van der Waals surface area (Å²) in [5.41, 5.74) is -0.640. The van der Waals surface area contributed by atoms with E-state index < -0.39 is 11.7 Å². The Balaban J connectivity index is 2.96. The van der Waals surface area contributed by atoms with Gasteiger partial charge in [-0.25, -0.2) is 0 Å². The van der Waals surface area contributed by atoms with Crippen LogP contribution in [0.15, 0.2) is 24.3 Å². The van der Waals surface area contributed by atoms with E-state index in [1.165, 1.54) is 12.1 Å². The Morgan fingerprint density at radius 1 is 1.06 bits per heavy atom. The molecule has 0 heterocycles. The average Bonchev–Trinajstić information content (AvgIpc) is 2.16. The van der Waals surface area contributed by atoms with E-state index in [1.807, 2.05) is 20.8 Å². The minimum Gasteiger partial charge on any atom is -0.281 e. The third-order valence-electron chi connectivity index (χ3n) is 2.52. The van der Waals surface area contributed by atoms with Crippen LogP contribution < -0.4 is 5.32 Å². The van der Waals surface area contributed by atoms with Gasteiger partial charge in [-0.2, -0.15) is 13.2 Å². The minimum absolute atomic E-state index is 0.0243. The number of nitrogens with zero attached hydrogens (tertiary/aromatic N) is 1. The molecule has 0 spiro atoms. The van der Waals surface area contributed by atoms with E-state index in [0.717, 1.165) is 6.07 Å². The van der Waals surface area contributed by atoms with Crippen LogP contribution in [0.4, 0.5) is 18.9 Å². The molecule has 16 heavy (non-hydrogen) atoms. The first-order valence-corrected chi connectivity index (χ1v) is 5.19. The topological polar surface area (TPSA) is 14.1 Å². The summed E-state index contributed by atoms with van der Waals surface area (Å²) in [6.45, 7) is 5.69. The van der Waals surface area contributed by atoms with Crippen molar-refractivity contribution in [2.24, 2.45) is 5.92 Å². The van der Waals surface area contributed by atoms with Crippen molar-refractivity contribution in [3.8, 4) is 0 Å². The predicted molar refractivity (Wildman–Crippen MR) is 57.5 cm³/mol. The van der Waals surface area contributed by atoms with Gasteiger partial charge in [0.2, 0.25) is 0 Å². The Morgan fingerprint density at radius 2 is 1.62 bits per heavy atom. The van der Waals surface area contributed by atoms with Gasteiger partial charge in [-0.3, -0.25) is 5.32 Å². The van der Waals surface area contributed by atoms with Crippen molar-refractivity contribution in [2.75, 3.05) is 0 Å². The second-order valence-electron chi connectivity index (χ2n) is 4.13. The lowest BCUT2D eigenvalue weighted by molar-refractivity contribution is -0.137. The largest absolute Gasteiger partial charge is 0.418 e. The van der Waals surface area contributed by atoms with Crippen LogP contribution >= 0.6 is 0 Å². The van der Waals surface area contributed by atoms with Gasteiger partial charge in [0.15, 0.2) is 0 Å². The third kappa shape index (κ3) is 3.15. The SMILES string of the molecule is CC(C)C(C)[N]c1ccccc1C(F)(F)F. The molecule has 0 aliphatic heterocycles. The van der Waals surface area contributed by atoms with Gasteiger partial charge >= 0.3 is 6.18 Å². The van der Waals surface area contributed by atoms with Crippen LogP contribution in [0.1, 0.15) is 26.3 Å². The Hall–Kier alpha value is -1.19. The van der Waals surface area contributed by atoms with Crippen LogP contribution in [0.5, 0.6) is 0 Å².